The zero-order chi connectivity index (χ0) is 22.4. The molecule has 2 aliphatic rings. The van der Waals surface area contributed by atoms with E-state index in [9.17, 15) is 24.6 Å². The lowest BCUT2D eigenvalue weighted by Gasteiger charge is -2.39. The number of carboxylic acids is 1. The van der Waals surface area contributed by atoms with Gasteiger partial charge in [0.25, 0.3) is 0 Å². The summed E-state index contributed by atoms with van der Waals surface area (Å²) in [4.78, 5) is 40.0. The summed E-state index contributed by atoms with van der Waals surface area (Å²) in [6, 6.07) is 2.91. The summed E-state index contributed by atoms with van der Waals surface area (Å²) in [5.41, 5.74) is 2.12. The fraction of sp³-hybridized carbons (Fsp3) is 0.652. The summed E-state index contributed by atoms with van der Waals surface area (Å²) < 4.78 is 0. The Morgan fingerprint density at radius 1 is 1.19 bits per heavy atom. The highest BCUT2D eigenvalue weighted by molar-refractivity contribution is 5.83. The predicted molar refractivity (Wildman–Crippen MR) is 114 cm³/mol. The summed E-state index contributed by atoms with van der Waals surface area (Å²) in [5.74, 6) is -2.09. The van der Waals surface area contributed by atoms with Crippen LogP contribution < -0.4 is 10.6 Å². The fourth-order valence-electron chi connectivity index (χ4n) is 4.69. The number of pyridine rings is 1. The Balaban J connectivity index is 1.42. The number of rotatable bonds is 8. The van der Waals surface area contributed by atoms with E-state index in [-0.39, 0.29) is 24.7 Å². The number of aromatic nitrogens is 1. The van der Waals surface area contributed by atoms with Crippen LogP contribution in [0.5, 0.6) is 0 Å². The van der Waals surface area contributed by atoms with E-state index in [1.807, 2.05) is 0 Å². The number of carboxylic acid groups (broad SMARTS) is 1. The third-order valence-corrected chi connectivity index (χ3v) is 6.50. The van der Waals surface area contributed by atoms with Crippen molar-refractivity contribution in [1.29, 1.82) is 0 Å². The second-order valence-electron chi connectivity index (χ2n) is 8.86. The van der Waals surface area contributed by atoms with Crippen LogP contribution in [0.4, 0.5) is 0 Å². The molecule has 0 aliphatic heterocycles. The smallest absolute Gasteiger partial charge is 0.329 e. The molecule has 2 aliphatic carbocycles. The van der Waals surface area contributed by atoms with Gasteiger partial charge in [-0.2, -0.15) is 0 Å². The third-order valence-electron chi connectivity index (χ3n) is 6.50. The molecule has 31 heavy (non-hydrogen) atoms. The number of amides is 2. The molecule has 1 fully saturated rings. The molecule has 1 atom stereocenters. The van der Waals surface area contributed by atoms with Crippen LogP contribution in [0.15, 0.2) is 12.1 Å². The Bertz CT molecular complexity index is 817. The lowest BCUT2D eigenvalue weighted by atomic mass is 9.74. The largest absolute Gasteiger partial charge is 0.480 e. The fourth-order valence-corrected chi connectivity index (χ4v) is 4.69. The maximum absolute atomic E-state index is 12.5. The van der Waals surface area contributed by atoms with Crippen LogP contribution in [0.2, 0.25) is 0 Å². The highest BCUT2D eigenvalue weighted by Gasteiger charge is 2.45. The standard InChI is InChI=1S/C23H33N3O5/c1-15(27)25-20(22(29)30)23(31)12-10-17(11-13-23)21(28)24-14-4-6-18-9-8-16-5-2-3-7-19(16)26-18/h8-9,17,20,31H,2-7,10-14H2,1H3,(H,24,28)(H,25,27)(H,29,30). The average molecular weight is 432 g/mol. The number of hydrogen-bond donors (Lipinski definition) is 4. The van der Waals surface area contributed by atoms with Crippen LogP contribution in [0.25, 0.3) is 0 Å². The number of aliphatic carboxylic acids is 1. The Labute approximate surface area is 182 Å². The summed E-state index contributed by atoms with van der Waals surface area (Å²) in [6.07, 6.45) is 7.31. The summed E-state index contributed by atoms with van der Waals surface area (Å²) in [5, 5.41) is 25.4. The van der Waals surface area contributed by atoms with E-state index < -0.39 is 23.5 Å². The van der Waals surface area contributed by atoms with Gasteiger partial charge in [-0.25, -0.2) is 4.79 Å². The number of aliphatic hydroxyl groups is 1. The van der Waals surface area contributed by atoms with Crippen LogP contribution in [0.3, 0.4) is 0 Å². The van der Waals surface area contributed by atoms with Crippen molar-refractivity contribution in [1.82, 2.24) is 15.6 Å². The predicted octanol–water partition coefficient (Wildman–Crippen LogP) is 1.52. The summed E-state index contributed by atoms with van der Waals surface area (Å²) in [6.45, 7) is 1.78. The van der Waals surface area contributed by atoms with Crippen LogP contribution in [0.1, 0.15) is 68.8 Å². The minimum absolute atomic E-state index is 0.0631. The molecule has 3 rings (SSSR count). The normalized spacial score (nSPS) is 24.0. The van der Waals surface area contributed by atoms with Crippen LogP contribution in [-0.4, -0.2) is 51.2 Å². The molecule has 2 amide bonds. The Hall–Kier alpha value is -2.48. The molecular formula is C23H33N3O5. The van der Waals surface area contributed by atoms with Gasteiger partial charge in [-0.1, -0.05) is 6.07 Å². The van der Waals surface area contributed by atoms with E-state index in [2.05, 4.69) is 22.8 Å². The van der Waals surface area contributed by atoms with Crippen molar-refractivity contribution in [3.05, 3.63) is 29.1 Å². The number of fused-ring (bicyclic) bond motifs is 1. The van der Waals surface area contributed by atoms with Crippen molar-refractivity contribution in [3.63, 3.8) is 0 Å². The topological polar surface area (TPSA) is 129 Å². The van der Waals surface area contributed by atoms with Gasteiger partial charge in [0.15, 0.2) is 6.04 Å². The lowest BCUT2D eigenvalue weighted by molar-refractivity contribution is -0.153. The molecule has 0 aromatic carbocycles. The van der Waals surface area contributed by atoms with E-state index in [4.69, 9.17) is 4.98 Å². The van der Waals surface area contributed by atoms with E-state index in [1.165, 1.54) is 31.0 Å². The van der Waals surface area contributed by atoms with Gasteiger partial charge in [0, 0.05) is 30.8 Å². The molecule has 0 bridgehead atoms. The Morgan fingerprint density at radius 2 is 1.90 bits per heavy atom. The minimum Gasteiger partial charge on any atom is -0.480 e. The van der Waals surface area contributed by atoms with Crippen LogP contribution in [0, 0.1) is 5.92 Å². The summed E-state index contributed by atoms with van der Waals surface area (Å²) in [7, 11) is 0. The molecule has 1 aromatic rings. The van der Waals surface area contributed by atoms with Gasteiger partial charge in [0.2, 0.25) is 11.8 Å². The van der Waals surface area contributed by atoms with Crippen molar-refractivity contribution in [2.45, 2.75) is 82.8 Å². The van der Waals surface area contributed by atoms with Crippen molar-refractivity contribution in [3.8, 4) is 0 Å². The number of aryl methyl sites for hydroxylation is 3. The number of carbonyl (C=O) groups is 3. The van der Waals surface area contributed by atoms with Crippen LogP contribution in [-0.2, 0) is 33.6 Å². The first-order valence-electron chi connectivity index (χ1n) is 11.3. The molecule has 1 aromatic heterocycles. The molecule has 0 spiro atoms. The Morgan fingerprint density at radius 3 is 2.58 bits per heavy atom. The molecule has 8 heteroatoms. The van der Waals surface area contributed by atoms with Gasteiger partial charge in [-0.15, -0.1) is 0 Å². The third kappa shape index (κ3) is 6.03. The van der Waals surface area contributed by atoms with Crippen molar-refractivity contribution >= 4 is 17.8 Å². The van der Waals surface area contributed by atoms with Gasteiger partial charge in [-0.3, -0.25) is 14.6 Å². The highest BCUT2D eigenvalue weighted by Crippen LogP contribution is 2.35. The molecule has 0 saturated heterocycles. The van der Waals surface area contributed by atoms with Crippen molar-refractivity contribution < 1.29 is 24.6 Å². The molecule has 1 saturated carbocycles. The van der Waals surface area contributed by atoms with E-state index in [0.717, 1.165) is 31.4 Å². The number of carbonyl (C=O) groups excluding carboxylic acids is 2. The maximum atomic E-state index is 12.5. The van der Waals surface area contributed by atoms with E-state index in [1.54, 1.807) is 0 Å². The second-order valence-corrected chi connectivity index (χ2v) is 8.86. The molecule has 1 heterocycles. The van der Waals surface area contributed by atoms with Crippen LogP contribution >= 0.6 is 0 Å². The minimum atomic E-state index is -1.54. The molecule has 1 unspecified atom stereocenters. The van der Waals surface area contributed by atoms with Crippen molar-refractivity contribution in [2.24, 2.45) is 5.92 Å². The molecular weight excluding hydrogens is 398 g/mol. The van der Waals surface area contributed by atoms with Gasteiger partial charge in [0.1, 0.15) is 0 Å². The first-order valence-corrected chi connectivity index (χ1v) is 11.3. The molecule has 4 N–H and O–H groups in total. The first-order chi connectivity index (χ1) is 14.8. The second kappa shape index (κ2) is 10.2. The van der Waals surface area contributed by atoms with Gasteiger partial charge in [-0.05, 0) is 75.8 Å². The molecule has 0 radical (unpaired) electrons. The first kappa shape index (κ1) is 23.2. The number of nitrogens with zero attached hydrogens (tertiary/aromatic N) is 1. The average Bonchev–Trinajstić information content (AvgIpc) is 2.75. The molecule has 170 valence electrons. The van der Waals surface area contributed by atoms with Crippen molar-refractivity contribution in [2.75, 3.05) is 6.54 Å². The van der Waals surface area contributed by atoms with Gasteiger partial charge < -0.3 is 20.8 Å². The van der Waals surface area contributed by atoms with Gasteiger partial charge in [0.05, 0.1) is 5.60 Å². The number of hydrogen-bond acceptors (Lipinski definition) is 5. The molecule has 8 nitrogen and oxygen atoms in total. The zero-order valence-electron chi connectivity index (χ0n) is 18.2. The van der Waals surface area contributed by atoms with E-state index >= 15 is 0 Å². The van der Waals surface area contributed by atoms with Gasteiger partial charge >= 0.3 is 5.97 Å². The maximum Gasteiger partial charge on any atom is 0.329 e. The monoisotopic (exact) mass is 431 g/mol. The summed E-state index contributed by atoms with van der Waals surface area (Å²) >= 11 is 0. The zero-order valence-corrected chi connectivity index (χ0v) is 18.2. The quantitative estimate of drug-likeness (QED) is 0.462. The SMILES string of the molecule is CC(=O)NC(C(=O)O)C1(O)CCC(C(=O)NCCCc2ccc3c(n2)CCCC3)CC1. The lowest BCUT2D eigenvalue weighted by Crippen LogP contribution is -2.58. The number of nitrogens with one attached hydrogen (secondary N) is 2. The van der Waals surface area contributed by atoms with E-state index in [0.29, 0.717) is 19.4 Å². The highest BCUT2D eigenvalue weighted by atomic mass is 16.4. The Kier molecular flexibility index (Phi) is 7.64.